The van der Waals surface area contributed by atoms with Gasteiger partial charge in [0.2, 0.25) is 5.91 Å². The van der Waals surface area contributed by atoms with Gasteiger partial charge < -0.3 is 19.6 Å². The van der Waals surface area contributed by atoms with E-state index in [2.05, 4.69) is 15.1 Å². The molecule has 5 rings (SSSR count). The maximum Gasteiger partial charge on any atom is 0.227 e. The van der Waals surface area contributed by atoms with E-state index in [1.807, 2.05) is 47.4 Å². The Morgan fingerprint density at radius 1 is 1.03 bits per heavy atom. The van der Waals surface area contributed by atoms with Crippen molar-refractivity contribution in [2.75, 3.05) is 38.2 Å². The van der Waals surface area contributed by atoms with Gasteiger partial charge in [0.15, 0.2) is 5.82 Å². The van der Waals surface area contributed by atoms with E-state index in [9.17, 15) is 18.7 Å². The predicted molar refractivity (Wildman–Crippen MR) is 131 cm³/mol. The zero-order valence-electron chi connectivity index (χ0n) is 20.1. The number of halogens is 2. The number of amides is 1. The van der Waals surface area contributed by atoms with Gasteiger partial charge in [-0.1, -0.05) is 36.4 Å². The molecule has 2 aliphatic rings. The van der Waals surface area contributed by atoms with E-state index in [1.165, 1.54) is 18.2 Å². The Hall–Kier alpha value is -3.43. The number of benzene rings is 2. The minimum Gasteiger partial charge on any atom is -0.382 e. The van der Waals surface area contributed by atoms with E-state index in [0.717, 1.165) is 30.4 Å². The van der Waals surface area contributed by atoms with Gasteiger partial charge in [-0.25, -0.2) is 8.78 Å². The molecule has 2 aromatic carbocycles. The third-order valence-corrected chi connectivity index (χ3v) is 6.76. The quantitative estimate of drug-likeness (QED) is 0.597. The lowest BCUT2D eigenvalue weighted by Gasteiger charge is -2.44. The standard InChI is InChI=1S/C21H26N4O3.C6H4F2/c1-28-18-15-25(13-10-21(18,27)17-6-3-2-4-7-17)20(26)16-9-12-24(14-16)19-8-5-11-22-23-19;7-5-2-1-3-6(8)4-5/h2-8,11,16,18,27H,9-10,12-15H2,1H3;1-4H. The summed E-state index contributed by atoms with van der Waals surface area (Å²) in [6.45, 7) is 2.35. The second-order valence-corrected chi connectivity index (χ2v) is 9.00. The fourth-order valence-corrected chi connectivity index (χ4v) is 4.79. The van der Waals surface area contributed by atoms with Gasteiger partial charge in [-0.15, -0.1) is 5.10 Å². The van der Waals surface area contributed by atoms with E-state index in [0.29, 0.717) is 26.1 Å². The molecule has 0 aliphatic carbocycles. The molecule has 1 N–H and O–H groups in total. The first-order valence-corrected chi connectivity index (χ1v) is 11.9. The number of methoxy groups -OCH3 is 1. The SMILES string of the molecule is COC1CN(C(=O)C2CCN(c3cccnn3)C2)CCC1(O)c1ccccc1.Fc1cccc(F)c1. The first-order chi connectivity index (χ1) is 17.4. The number of hydrogen-bond acceptors (Lipinski definition) is 6. The fourth-order valence-electron chi connectivity index (χ4n) is 4.79. The molecular weight excluding hydrogens is 466 g/mol. The summed E-state index contributed by atoms with van der Waals surface area (Å²) in [5.41, 5.74) is -0.239. The number of anilines is 1. The van der Waals surface area contributed by atoms with Gasteiger partial charge in [-0.3, -0.25) is 4.79 Å². The molecule has 2 aliphatic heterocycles. The molecule has 3 unspecified atom stereocenters. The van der Waals surface area contributed by atoms with Crippen molar-refractivity contribution < 1.29 is 23.4 Å². The smallest absolute Gasteiger partial charge is 0.227 e. The average molecular weight is 497 g/mol. The lowest BCUT2D eigenvalue weighted by molar-refractivity contribution is -0.160. The molecule has 3 aromatic rings. The van der Waals surface area contributed by atoms with Crippen LogP contribution in [0.4, 0.5) is 14.6 Å². The number of likely N-dealkylation sites (tertiary alicyclic amines) is 1. The average Bonchev–Trinajstić information content (AvgIpc) is 3.40. The topological polar surface area (TPSA) is 78.8 Å². The maximum atomic E-state index is 13.1. The molecule has 3 heterocycles. The summed E-state index contributed by atoms with van der Waals surface area (Å²) in [6, 6.07) is 17.9. The minimum atomic E-state index is -1.08. The summed E-state index contributed by atoms with van der Waals surface area (Å²) in [6.07, 6.45) is 2.45. The highest BCUT2D eigenvalue weighted by Crippen LogP contribution is 2.35. The normalized spacial score (nSPS) is 23.7. The number of piperidine rings is 1. The number of nitrogens with zero attached hydrogens (tertiary/aromatic N) is 4. The van der Waals surface area contributed by atoms with Crippen LogP contribution in [-0.2, 0) is 15.1 Å². The number of rotatable bonds is 4. The van der Waals surface area contributed by atoms with E-state index in [-0.39, 0.29) is 11.8 Å². The highest BCUT2D eigenvalue weighted by Gasteiger charge is 2.45. The Labute approximate surface area is 209 Å². The van der Waals surface area contributed by atoms with E-state index >= 15 is 0 Å². The van der Waals surface area contributed by atoms with Gasteiger partial charge >= 0.3 is 0 Å². The molecule has 7 nitrogen and oxygen atoms in total. The summed E-state index contributed by atoms with van der Waals surface area (Å²) in [7, 11) is 1.60. The van der Waals surface area contributed by atoms with Gasteiger partial charge in [0.1, 0.15) is 23.3 Å². The van der Waals surface area contributed by atoms with E-state index < -0.39 is 23.3 Å². The van der Waals surface area contributed by atoms with Crippen molar-refractivity contribution in [3.8, 4) is 0 Å². The number of aromatic nitrogens is 2. The molecule has 1 aromatic heterocycles. The van der Waals surface area contributed by atoms with Crippen LogP contribution in [0.2, 0.25) is 0 Å². The molecule has 2 saturated heterocycles. The van der Waals surface area contributed by atoms with Gasteiger partial charge in [0, 0.05) is 52.0 Å². The van der Waals surface area contributed by atoms with Gasteiger partial charge in [-0.05, 0) is 36.2 Å². The number of aliphatic hydroxyl groups is 1. The molecule has 1 amide bonds. The Kier molecular flexibility index (Phi) is 8.22. The number of carbonyl (C=O) groups excluding carboxylic acids is 1. The maximum absolute atomic E-state index is 13.1. The van der Waals surface area contributed by atoms with Crippen molar-refractivity contribution in [3.63, 3.8) is 0 Å². The van der Waals surface area contributed by atoms with E-state index in [1.54, 1.807) is 13.3 Å². The molecule has 190 valence electrons. The number of carbonyl (C=O) groups is 1. The Bertz CT molecular complexity index is 1120. The molecule has 0 radical (unpaired) electrons. The molecule has 0 bridgehead atoms. The third-order valence-electron chi connectivity index (χ3n) is 6.76. The molecule has 2 fully saturated rings. The van der Waals surface area contributed by atoms with Crippen LogP contribution in [0.1, 0.15) is 18.4 Å². The third kappa shape index (κ3) is 5.85. The van der Waals surface area contributed by atoms with Gasteiger partial charge in [0.25, 0.3) is 0 Å². The predicted octanol–water partition coefficient (Wildman–Crippen LogP) is 3.40. The highest BCUT2D eigenvalue weighted by atomic mass is 19.1. The first kappa shape index (κ1) is 25.7. The van der Waals surface area contributed by atoms with Crippen LogP contribution in [-0.4, -0.2) is 65.5 Å². The highest BCUT2D eigenvalue weighted by molar-refractivity contribution is 5.80. The van der Waals surface area contributed by atoms with Crippen LogP contribution in [0.3, 0.4) is 0 Å². The molecule has 3 atom stereocenters. The van der Waals surface area contributed by atoms with Crippen molar-refractivity contribution in [1.29, 1.82) is 0 Å². The van der Waals surface area contributed by atoms with Crippen molar-refractivity contribution in [3.05, 3.63) is 90.1 Å². The van der Waals surface area contributed by atoms with Crippen molar-refractivity contribution in [2.45, 2.75) is 24.5 Å². The van der Waals surface area contributed by atoms with Crippen LogP contribution in [0.5, 0.6) is 0 Å². The zero-order valence-corrected chi connectivity index (χ0v) is 20.1. The lowest BCUT2D eigenvalue weighted by atomic mass is 9.81. The van der Waals surface area contributed by atoms with Crippen molar-refractivity contribution in [2.24, 2.45) is 5.92 Å². The first-order valence-electron chi connectivity index (χ1n) is 11.9. The second-order valence-electron chi connectivity index (χ2n) is 9.00. The molecular formula is C27H30F2N4O3. The lowest BCUT2D eigenvalue weighted by Crippen LogP contribution is -2.56. The van der Waals surface area contributed by atoms with Crippen LogP contribution < -0.4 is 4.90 Å². The fraction of sp³-hybridized carbons (Fsp3) is 0.370. The van der Waals surface area contributed by atoms with Crippen LogP contribution >= 0.6 is 0 Å². The Morgan fingerprint density at radius 3 is 2.39 bits per heavy atom. The van der Waals surface area contributed by atoms with Crippen LogP contribution in [0.15, 0.2) is 72.9 Å². The van der Waals surface area contributed by atoms with Crippen molar-refractivity contribution in [1.82, 2.24) is 15.1 Å². The van der Waals surface area contributed by atoms with Gasteiger partial charge in [-0.2, -0.15) is 5.10 Å². The van der Waals surface area contributed by atoms with Crippen molar-refractivity contribution >= 4 is 11.7 Å². The Balaban J connectivity index is 0.000000325. The summed E-state index contributed by atoms with van der Waals surface area (Å²) in [4.78, 5) is 17.1. The van der Waals surface area contributed by atoms with Crippen LogP contribution in [0, 0.1) is 17.6 Å². The largest absolute Gasteiger partial charge is 0.382 e. The summed E-state index contributed by atoms with van der Waals surface area (Å²) >= 11 is 0. The molecule has 0 saturated carbocycles. The van der Waals surface area contributed by atoms with Gasteiger partial charge in [0.05, 0.1) is 5.92 Å². The number of ether oxygens (including phenoxy) is 1. The molecule has 0 spiro atoms. The second kappa shape index (κ2) is 11.5. The minimum absolute atomic E-state index is 0.0672. The Morgan fingerprint density at radius 2 is 1.78 bits per heavy atom. The van der Waals surface area contributed by atoms with Crippen LogP contribution in [0.25, 0.3) is 0 Å². The summed E-state index contributed by atoms with van der Waals surface area (Å²) in [5.74, 6) is -0.203. The van der Waals surface area contributed by atoms with E-state index in [4.69, 9.17) is 4.74 Å². The summed E-state index contributed by atoms with van der Waals surface area (Å²) in [5, 5.41) is 19.3. The molecule has 9 heteroatoms. The monoisotopic (exact) mass is 496 g/mol. The molecule has 36 heavy (non-hydrogen) atoms. The zero-order chi connectivity index (χ0) is 25.5. The number of hydrogen-bond donors (Lipinski definition) is 1. The summed E-state index contributed by atoms with van der Waals surface area (Å²) < 4.78 is 29.5.